The van der Waals surface area contributed by atoms with Gasteiger partial charge in [-0.05, 0) is 18.2 Å². The lowest BCUT2D eigenvalue weighted by molar-refractivity contribution is -0.367. The molecular weight excluding hydrogens is 844 g/mol. The van der Waals surface area contributed by atoms with Crippen LogP contribution in [0.5, 0.6) is 0 Å². The van der Waals surface area contributed by atoms with Crippen LogP contribution in [-0.2, 0) is 44.6 Å². The van der Waals surface area contributed by atoms with Crippen molar-refractivity contribution in [1.82, 2.24) is 25.3 Å². The zero-order valence-electron chi connectivity index (χ0n) is 31.9. The number of aromatic nitrogens is 4. The average Bonchev–Trinajstić information content (AvgIpc) is 3.94. The molecule has 6 rings (SSSR count). The lowest BCUT2D eigenvalue weighted by Crippen LogP contribution is -2.68. The second kappa shape index (κ2) is 20.2. The van der Waals surface area contributed by atoms with Gasteiger partial charge in [-0.25, -0.2) is 19.3 Å². The fourth-order valence-corrected chi connectivity index (χ4v) is 7.58. The number of ether oxygens (including phenoxy) is 7. The topological polar surface area (TPSA) is 403 Å². The van der Waals surface area contributed by atoms with Gasteiger partial charge in [0.25, 0.3) is 5.79 Å². The van der Waals surface area contributed by atoms with Crippen LogP contribution in [0, 0.1) is 0 Å². The molecule has 2 aromatic heterocycles. The second-order valence-corrected chi connectivity index (χ2v) is 15.2. The Morgan fingerprint density at radius 2 is 1.75 bits per heavy atom. The molecule has 61 heavy (non-hydrogen) atoms. The minimum atomic E-state index is -2.94. The number of nitrogens with one attached hydrogen (secondary N) is 1. The largest absolute Gasteiger partial charge is 0.477 e. The van der Waals surface area contributed by atoms with Crippen LogP contribution in [0.25, 0.3) is 15.9 Å². The Morgan fingerprint density at radius 3 is 2.46 bits per heavy atom. The highest BCUT2D eigenvalue weighted by Gasteiger charge is 2.57. The molecule has 0 aliphatic carbocycles. The summed E-state index contributed by atoms with van der Waals surface area (Å²) < 4.78 is 40.7. The van der Waals surface area contributed by atoms with Gasteiger partial charge in [-0.15, -0.1) is 16.4 Å². The maximum Gasteiger partial charge on any atom is 0.407 e. The smallest absolute Gasteiger partial charge is 0.407 e. The number of aliphatic carboxylic acids is 1. The molecule has 16 atom stereocenters. The zero-order valence-corrected chi connectivity index (χ0v) is 32.7. The van der Waals surface area contributed by atoms with Crippen LogP contribution in [0.3, 0.4) is 0 Å². The Morgan fingerprint density at radius 1 is 1.02 bits per heavy atom. The first kappa shape index (κ1) is 46.8. The van der Waals surface area contributed by atoms with Crippen LogP contribution < -0.4 is 11.1 Å². The molecule has 0 radical (unpaired) electrons. The molecule has 340 valence electrons. The molecule has 3 aliphatic heterocycles. The number of carboxylic acid groups (broad SMARTS) is 1. The fraction of sp³-hybridized carbons (Fsp3) is 0.676. The van der Waals surface area contributed by atoms with Crippen LogP contribution in [0.2, 0.25) is 0 Å². The molecule has 5 unspecified atom stereocenters. The van der Waals surface area contributed by atoms with E-state index in [1.807, 2.05) is 6.07 Å². The molecule has 3 saturated heterocycles. The summed E-state index contributed by atoms with van der Waals surface area (Å²) >= 11 is 1.46. The Bertz CT molecular complexity index is 1910. The lowest BCUT2D eigenvalue weighted by atomic mass is 9.88. The van der Waals surface area contributed by atoms with Gasteiger partial charge in [0, 0.05) is 13.0 Å². The first-order valence-corrected chi connectivity index (χ1v) is 19.7. The van der Waals surface area contributed by atoms with Crippen molar-refractivity contribution in [3.8, 4) is 5.69 Å². The van der Waals surface area contributed by atoms with E-state index in [1.54, 1.807) is 17.6 Å². The molecule has 0 saturated carbocycles. The number of hydrogen-bond donors (Lipinski definition) is 13. The van der Waals surface area contributed by atoms with E-state index in [0.29, 0.717) is 5.69 Å². The van der Waals surface area contributed by atoms with Gasteiger partial charge in [0.1, 0.15) is 79.4 Å². The highest BCUT2D eigenvalue weighted by atomic mass is 32.1. The van der Waals surface area contributed by atoms with Crippen molar-refractivity contribution in [2.24, 2.45) is 5.73 Å². The number of rotatable bonds is 17. The molecule has 0 bridgehead atoms. The Hall–Kier alpha value is -3.69. The molecule has 3 aliphatic rings. The Balaban J connectivity index is 1.12. The average molecular weight is 893 g/mol. The summed E-state index contributed by atoms with van der Waals surface area (Å²) in [5, 5.41) is 126. The number of carbonyl (C=O) groups excluding carboxylic acids is 1. The second-order valence-electron chi connectivity index (χ2n) is 14.4. The van der Waals surface area contributed by atoms with Crippen LogP contribution in [0.15, 0.2) is 29.9 Å². The molecule has 14 N–H and O–H groups in total. The maximum atomic E-state index is 13.0. The highest BCUT2D eigenvalue weighted by molar-refractivity contribution is 7.16. The molecule has 3 aromatic rings. The maximum absolute atomic E-state index is 13.0. The number of hydrogen-bond acceptors (Lipinski definition) is 24. The fourth-order valence-electron chi connectivity index (χ4n) is 6.92. The van der Waals surface area contributed by atoms with Gasteiger partial charge in [-0.3, -0.25) is 0 Å². The van der Waals surface area contributed by atoms with Gasteiger partial charge in [-0.2, -0.15) is 0 Å². The predicted octanol–water partition coefficient (Wildman–Crippen LogP) is -6.26. The number of nitrogens with zero attached hydrogens (tertiary/aromatic N) is 4. The van der Waals surface area contributed by atoms with E-state index < -0.39 is 143 Å². The van der Waals surface area contributed by atoms with Crippen LogP contribution in [-0.4, -0.2) is 219 Å². The van der Waals surface area contributed by atoms with Crippen molar-refractivity contribution >= 4 is 33.6 Å². The number of thiazole rings is 1. The van der Waals surface area contributed by atoms with E-state index in [9.17, 15) is 65.8 Å². The number of amides is 1. The van der Waals surface area contributed by atoms with Crippen LogP contribution >= 0.6 is 11.3 Å². The monoisotopic (exact) mass is 892 g/mol. The van der Waals surface area contributed by atoms with Gasteiger partial charge in [0.05, 0.1) is 66.2 Å². The summed E-state index contributed by atoms with van der Waals surface area (Å²) in [5.74, 6) is -4.87. The molecule has 0 spiro atoms. The number of nitrogens with two attached hydrogens (primary N) is 1. The third kappa shape index (κ3) is 10.2. The third-order valence-corrected chi connectivity index (χ3v) is 11.0. The molecule has 26 nitrogen and oxygen atoms in total. The lowest BCUT2D eigenvalue weighted by Gasteiger charge is -2.48. The predicted molar refractivity (Wildman–Crippen MR) is 197 cm³/mol. The summed E-state index contributed by atoms with van der Waals surface area (Å²) in [6, 6.07) is 3.69. The first-order chi connectivity index (χ1) is 29.1. The molecule has 5 heterocycles. The molecule has 27 heteroatoms. The number of carbonyl (C=O) groups is 2. The number of carboxylic acids is 1. The number of fused-ring (bicyclic) bond motifs is 1. The van der Waals surface area contributed by atoms with Crippen molar-refractivity contribution in [3.63, 3.8) is 0 Å². The molecule has 3 fully saturated rings. The molecular formula is C34H48N6O20S. The number of aliphatic hydroxyl groups is 10. The summed E-state index contributed by atoms with van der Waals surface area (Å²) in [7, 11) is 0. The van der Waals surface area contributed by atoms with E-state index in [-0.39, 0.29) is 18.8 Å². The first-order valence-electron chi connectivity index (χ1n) is 18.8. The van der Waals surface area contributed by atoms with Crippen molar-refractivity contribution in [3.05, 3.63) is 35.6 Å². The van der Waals surface area contributed by atoms with Gasteiger partial charge in [-0.1, -0.05) is 5.21 Å². The molecule has 1 amide bonds. The van der Waals surface area contributed by atoms with Crippen molar-refractivity contribution in [2.75, 3.05) is 33.0 Å². The van der Waals surface area contributed by atoms with Crippen LogP contribution in [0.4, 0.5) is 4.79 Å². The number of alkyl carbamates (subject to hydrolysis) is 1. The number of aliphatic hydroxyl groups excluding tert-OH is 10. The standard InChI is InChI=1S/C34H48N6O20S/c35-3-4-54-30-27(50)25(48)28(18(9-42)57-30)59-31-26(49)24(47)23(46)19(58-31)11-56-34(32(51)52)6-16(43)21(29(60-34)22(45)17(44)8-41)37-33(53)55-10-13-7-40(39-38-13)14-1-2-20-15(5-14)36-12-61-20/h1-2,5,7,12,16-19,21-31,41-50H,3-4,6,8-11,35H2,(H,37,53)(H,51,52)/t16-,17-,18?,19?,21-,22-,23+,24+,25-,26?,27?,28-,29?,30-,31+,34-/m1/s1. The van der Waals surface area contributed by atoms with Crippen molar-refractivity contribution < 1.29 is 98.9 Å². The van der Waals surface area contributed by atoms with Crippen molar-refractivity contribution in [1.29, 1.82) is 0 Å². The van der Waals surface area contributed by atoms with Gasteiger partial charge < -0.3 is 100 Å². The molecule has 1 aromatic carbocycles. The van der Waals surface area contributed by atoms with E-state index in [0.717, 1.165) is 10.2 Å². The summed E-state index contributed by atoms with van der Waals surface area (Å²) in [6.07, 6.45) is -26.8. The minimum Gasteiger partial charge on any atom is -0.477 e. The van der Waals surface area contributed by atoms with E-state index in [2.05, 4.69) is 20.6 Å². The van der Waals surface area contributed by atoms with Gasteiger partial charge >= 0.3 is 12.1 Å². The summed E-state index contributed by atoms with van der Waals surface area (Å²) in [4.78, 5) is 30.0. The van der Waals surface area contributed by atoms with E-state index in [4.69, 9.17) is 38.9 Å². The van der Waals surface area contributed by atoms with Gasteiger partial charge in [0.2, 0.25) is 0 Å². The van der Waals surface area contributed by atoms with Crippen LogP contribution in [0.1, 0.15) is 12.1 Å². The summed E-state index contributed by atoms with van der Waals surface area (Å²) in [6.45, 7) is -3.41. The number of benzene rings is 1. The Kier molecular flexibility index (Phi) is 15.5. The quantitative estimate of drug-likeness (QED) is 0.0599. The normalized spacial score (nSPS) is 35.4. The Labute approximate surface area is 348 Å². The third-order valence-electron chi connectivity index (χ3n) is 10.2. The van der Waals surface area contributed by atoms with Crippen molar-refractivity contribution in [2.45, 2.75) is 111 Å². The van der Waals surface area contributed by atoms with E-state index in [1.165, 1.54) is 22.2 Å². The SMILES string of the molecule is NCCO[C@@H]1OC(CO)[C@@H](O[C@@H]2OC(CO[C@]3(C(=O)O)C[C@@H](O)[C@@H](NC(=O)OCc4cn(-c5ccc6scnc6c5)nn4)C([C@H](O)[C@H](O)CO)O3)[C@H](O)[C@H](O)C2O)[C@H](O)C1O. The highest BCUT2D eigenvalue weighted by Crippen LogP contribution is 2.36. The minimum absolute atomic E-state index is 0.0316. The zero-order chi connectivity index (χ0) is 44.2. The van der Waals surface area contributed by atoms with Gasteiger partial charge in [0.15, 0.2) is 12.6 Å². The van der Waals surface area contributed by atoms with E-state index >= 15 is 0 Å². The summed E-state index contributed by atoms with van der Waals surface area (Å²) in [5.41, 5.74) is 8.63.